The predicted molar refractivity (Wildman–Crippen MR) is 80.8 cm³/mol. The van der Waals surface area contributed by atoms with Crippen molar-refractivity contribution < 1.29 is 0 Å². The molecule has 0 fully saturated rings. The van der Waals surface area contributed by atoms with Crippen molar-refractivity contribution in [3.63, 3.8) is 0 Å². The Morgan fingerprint density at radius 1 is 1.26 bits per heavy atom. The van der Waals surface area contributed by atoms with E-state index >= 15 is 0 Å². The monoisotopic (exact) mass is 277 g/mol. The van der Waals surface area contributed by atoms with Gasteiger partial charge in [-0.25, -0.2) is 0 Å². The zero-order valence-corrected chi connectivity index (χ0v) is 12.5. The number of nitrogens with zero attached hydrogens (tertiary/aromatic N) is 2. The molecule has 2 aromatic rings. The SMILES string of the molecule is CCc1ccccc1NCc1c(Cl)c(C)nn1CC. The molecule has 2 rings (SSSR count). The molecular weight excluding hydrogens is 258 g/mol. The minimum Gasteiger partial charge on any atom is -0.379 e. The minimum absolute atomic E-state index is 0.699. The molecular formula is C15H20ClN3. The van der Waals surface area contributed by atoms with Crippen LogP contribution in [-0.2, 0) is 19.5 Å². The molecule has 0 aliphatic rings. The van der Waals surface area contributed by atoms with Crippen LogP contribution in [-0.4, -0.2) is 9.78 Å². The fourth-order valence-electron chi connectivity index (χ4n) is 2.22. The molecule has 19 heavy (non-hydrogen) atoms. The zero-order chi connectivity index (χ0) is 13.8. The molecule has 102 valence electrons. The number of rotatable bonds is 5. The highest BCUT2D eigenvalue weighted by Gasteiger charge is 2.12. The third-order valence-corrected chi connectivity index (χ3v) is 3.79. The molecule has 0 bridgehead atoms. The van der Waals surface area contributed by atoms with Crippen LogP contribution < -0.4 is 5.32 Å². The summed E-state index contributed by atoms with van der Waals surface area (Å²) in [5.74, 6) is 0. The minimum atomic E-state index is 0.699. The summed E-state index contributed by atoms with van der Waals surface area (Å²) in [5.41, 5.74) is 4.43. The Labute approximate surface area is 119 Å². The van der Waals surface area contributed by atoms with Crippen LogP contribution >= 0.6 is 11.6 Å². The van der Waals surface area contributed by atoms with E-state index in [9.17, 15) is 0 Å². The lowest BCUT2D eigenvalue weighted by molar-refractivity contribution is 0.623. The van der Waals surface area contributed by atoms with Gasteiger partial charge in [-0.1, -0.05) is 36.7 Å². The molecule has 0 aliphatic heterocycles. The lowest BCUT2D eigenvalue weighted by Gasteiger charge is -2.12. The highest BCUT2D eigenvalue weighted by Crippen LogP contribution is 2.22. The van der Waals surface area contributed by atoms with Crippen molar-refractivity contribution in [2.45, 2.75) is 40.3 Å². The van der Waals surface area contributed by atoms with E-state index in [0.717, 1.165) is 29.4 Å². The second-order valence-corrected chi connectivity index (χ2v) is 4.90. The van der Waals surface area contributed by atoms with Gasteiger partial charge in [0.2, 0.25) is 0 Å². The van der Waals surface area contributed by atoms with Crippen molar-refractivity contribution in [2.24, 2.45) is 0 Å². The van der Waals surface area contributed by atoms with E-state index in [1.54, 1.807) is 0 Å². The molecule has 4 heteroatoms. The molecule has 0 amide bonds. The molecule has 0 radical (unpaired) electrons. The van der Waals surface area contributed by atoms with Crippen molar-refractivity contribution in [3.8, 4) is 0 Å². The number of para-hydroxylation sites is 1. The largest absolute Gasteiger partial charge is 0.379 e. The highest BCUT2D eigenvalue weighted by molar-refractivity contribution is 6.31. The summed E-state index contributed by atoms with van der Waals surface area (Å²) < 4.78 is 1.96. The molecule has 1 aromatic heterocycles. The molecule has 0 atom stereocenters. The Morgan fingerprint density at radius 3 is 2.68 bits per heavy atom. The van der Waals surface area contributed by atoms with E-state index in [1.165, 1.54) is 11.3 Å². The highest BCUT2D eigenvalue weighted by atomic mass is 35.5. The van der Waals surface area contributed by atoms with Gasteiger partial charge in [0.25, 0.3) is 0 Å². The van der Waals surface area contributed by atoms with Crippen LogP contribution in [0, 0.1) is 6.92 Å². The van der Waals surface area contributed by atoms with Crippen molar-refractivity contribution in [1.82, 2.24) is 9.78 Å². The second kappa shape index (κ2) is 6.11. The van der Waals surface area contributed by atoms with Gasteiger partial charge in [-0.15, -0.1) is 0 Å². The predicted octanol–water partition coefficient (Wildman–Crippen LogP) is 4.04. The van der Waals surface area contributed by atoms with Crippen LogP contribution in [0.4, 0.5) is 5.69 Å². The van der Waals surface area contributed by atoms with Crippen LogP contribution in [0.3, 0.4) is 0 Å². The number of hydrogen-bond donors (Lipinski definition) is 1. The van der Waals surface area contributed by atoms with Gasteiger partial charge in [-0.3, -0.25) is 4.68 Å². The average Bonchev–Trinajstić information content (AvgIpc) is 2.72. The van der Waals surface area contributed by atoms with Crippen LogP contribution in [0.25, 0.3) is 0 Å². The molecule has 3 nitrogen and oxygen atoms in total. The second-order valence-electron chi connectivity index (χ2n) is 4.53. The third kappa shape index (κ3) is 2.92. The number of aromatic nitrogens is 2. The fourth-order valence-corrected chi connectivity index (χ4v) is 2.42. The average molecular weight is 278 g/mol. The smallest absolute Gasteiger partial charge is 0.0865 e. The van der Waals surface area contributed by atoms with E-state index in [1.807, 2.05) is 17.7 Å². The Balaban J connectivity index is 2.19. The maximum Gasteiger partial charge on any atom is 0.0865 e. The summed E-state index contributed by atoms with van der Waals surface area (Å²) in [6, 6.07) is 8.36. The number of hydrogen-bond acceptors (Lipinski definition) is 2. The lowest BCUT2D eigenvalue weighted by Crippen LogP contribution is -2.09. The molecule has 0 aliphatic carbocycles. The molecule has 1 aromatic carbocycles. The summed E-state index contributed by atoms with van der Waals surface area (Å²) in [6.07, 6.45) is 1.02. The summed E-state index contributed by atoms with van der Waals surface area (Å²) >= 11 is 6.31. The van der Waals surface area contributed by atoms with E-state index in [-0.39, 0.29) is 0 Å². The van der Waals surface area contributed by atoms with Crippen molar-refractivity contribution >= 4 is 17.3 Å². The standard InChI is InChI=1S/C15H20ClN3/c1-4-12-8-6-7-9-13(12)17-10-14-15(16)11(3)18-19(14)5-2/h6-9,17H,4-5,10H2,1-3H3. The van der Waals surface area contributed by atoms with Crippen molar-refractivity contribution in [2.75, 3.05) is 5.32 Å². The van der Waals surface area contributed by atoms with Crippen LogP contribution in [0.1, 0.15) is 30.8 Å². The molecule has 0 saturated carbocycles. The number of benzene rings is 1. The van der Waals surface area contributed by atoms with E-state index in [4.69, 9.17) is 11.6 Å². The number of nitrogens with one attached hydrogen (secondary N) is 1. The normalized spacial score (nSPS) is 10.7. The van der Waals surface area contributed by atoms with Gasteiger partial charge in [-0.2, -0.15) is 5.10 Å². The topological polar surface area (TPSA) is 29.9 Å². The van der Waals surface area contributed by atoms with Gasteiger partial charge in [0.1, 0.15) is 0 Å². The summed E-state index contributed by atoms with van der Waals surface area (Å²) in [4.78, 5) is 0. The van der Waals surface area contributed by atoms with Crippen LogP contribution in [0.15, 0.2) is 24.3 Å². The quantitative estimate of drug-likeness (QED) is 0.894. The van der Waals surface area contributed by atoms with E-state index < -0.39 is 0 Å². The molecule has 0 unspecified atom stereocenters. The number of aryl methyl sites for hydroxylation is 3. The van der Waals surface area contributed by atoms with Gasteiger partial charge >= 0.3 is 0 Å². The number of anilines is 1. The number of halogens is 1. The first-order chi connectivity index (χ1) is 9.17. The first-order valence-corrected chi connectivity index (χ1v) is 7.08. The third-order valence-electron chi connectivity index (χ3n) is 3.30. The van der Waals surface area contributed by atoms with E-state index in [2.05, 4.69) is 42.5 Å². The van der Waals surface area contributed by atoms with Gasteiger partial charge < -0.3 is 5.32 Å². The van der Waals surface area contributed by atoms with Crippen molar-refractivity contribution in [1.29, 1.82) is 0 Å². The first-order valence-electron chi connectivity index (χ1n) is 6.70. The Morgan fingerprint density at radius 2 is 2.00 bits per heavy atom. The molecule has 1 N–H and O–H groups in total. The maximum atomic E-state index is 6.31. The summed E-state index contributed by atoms with van der Waals surface area (Å²) in [6.45, 7) is 7.71. The van der Waals surface area contributed by atoms with Crippen molar-refractivity contribution in [3.05, 3.63) is 46.2 Å². The van der Waals surface area contributed by atoms with Gasteiger partial charge in [0.05, 0.1) is 23.0 Å². The van der Waals surface area contributed by atoms with E-state index in [0.29, 0.717) is 6.54 Å². The van der Waals surface area contributed by atoms with Crippen LogP contribution in [0.2, 0.25) is 5.02 Å². The molecule has 0 saturated heterocycles. The van der Waals surface area contributed by atoms with Gasteiger partial charge in [0, 0.05) is 12.2 Å². The van der Waals surface area contributed by atoms with Gasteiger partial charge in [-0.05, 0) is 31.9 Å². The molecule has 0 spiro atoms. The Kier molecular flexibility index (Phi) is 4.48. The fraction of sp³-hybridized carbons (Fsp3) is 0.400. The first kappa shape index (κ1) is 13.9. The maximum absolute atomic E-state index is 6.31. The lowest BCUT2D eigenvalue weighted by atomic mass is 10.1. The summed E-state index contributed by atoms with van der Waals surface area (Å²) in [5, 5.41) is 8.66. The zero-order valence-electron chi connectivity index (χ0n) is 11.7. The summed E-state index contributed by atoms with van der Waals surface area (Å²) in [7, 11) is 0. The Bertz CT molecular complexity index is 561. The Hall–Kier alpha value is -1.48. The van der Waals surface area contributed by atoms with Gasteiger partial charge in [0.15, 0.2) is 0 Å². The van der Waals surface area contributed by atoms with Crippen LogP contribution in [0.5, 0.6) is 0 Å². The molecule has 1 heterocycles.